The van der Waals surface area contributed by atoms with Crippen molar-refractivity contribution in [2.75, 3.05) is 13.1 Å². The largest absolute Gasteiger partial charge is 0.354 e. The van der Waals surface area contributed by atoms with Gasteiger partial charge in [-0.2, -0.15) is 4.98 Å². The molecule has 1 aliphatic rings. The average Bonchev–Trinajstić information content (AvgIpc) is 2.90. The van der Waals surface area contributed by atoms with E-state index in [0.717, 1.165) is 19.4 Å². The second kappa shape index (κ2) is 4.61. The fraction of sp³-hybridized carbons (Fsp3) is 0.700. The van der Waals surface area contributed by atoms with Gasteiger partial charge in [0.25, 0.3) is 0 Å². The van der Waals surface area contributed by atoms with Gasteiger partial charge in [-0.15, -0.1) is 0 Å². The summed E-state index contributed by atoms with van der Waals surface area (Å²) in [5.74, 6) is 0.665. The summed E-state index contributed by atoms with van der Waals surface area (Å²) in [7, 11) is 0. The third-order valence-electron chi connectivity index (χ3n) is 2.91. The van der Waals surface area contributed by atoms with Crippen LogP contribution in [0.25, 0.3) is 0 Å². The molecule has 2 N–H and O–H groups in total. The molecule has 1 fully saturated rings. The van der Waals surface area contributed by atoms with Crippen molar-refractivity contribution < 1.29 is 9.32 Å². The van der Waals surface area contributed by atoms with Crippen molar-refractivity contribution in [1.29, 1.82) is 0 Å². The summed E-state index contributed by atoms with van der Waals surface area (Å²) in [6.45, 7) is 3.38. The van der Waals surface area contributed by atoms with Gasteiger partial charge in [0.2, 0.25) is 12.3 Å². The predicted molar refractivity (Wildman–Crippen MR) is 56.7 cm³/mol. The zero-order valence-corrected chi connectivity index (χ0v) is 9.32. The molecule has 6 nitrogen and oxygen atoms in total. The molecule has 0 saturated carbocycles. The van der Waals surface area contributed by atoms with Gasteiger partial charge in [0.15, 0.2) is 5.82 Å². The van der Waals surface area contributed by atoms with Crippen molar-refractivity contribution in [1.82, 2.24) is 20.8 Å². The second-order valence-electron chi connectivity index (χ2n) is 4.22. The van der Waals surface area contributed by atoms with E-state index < -0.39 is 5.54 Å². The van der Waals surface area contributed by atoms with E-state index in [-0.39, 0.29) is 5.91 Å². The van der Waals surface area contributed by atoms with E-state index in [0.29, 0.717) is 18.8 Å². The molecule has 2 rings (SSSR count). The highest BCUT2D eigenvalue weighted by Gasteiger charge is 2.35. The quantitative estimate of drug-likeness (QED) is 0.744. The van der Waals surface area contributed by atoms with Crippen LogP contribution in [0.5, 0.6) is 0 Å². The Bertz CT molecular complexity index is 344. The van der Waals surface area contributed by atoms with Gasteiger partial charge in [0.1, 0.15) is 0 Å². The summed E-state index contributed by atoms with van der Waals surface area (Å²) < 4.78 is 4.61. The molecule has 1 amide bonds. The predicted octanol–water partition coefficient (Wildman–Crippen LogP) is -0.130. The lowest BCUT2D eigenvalue weighted by atomic mass is 9.99. The Morgan fingerprint density at radius 2 is 2.62 bits per heavy atom. The number of amides is 1. The first-order valence-electron chi connectivity index (χ1n) is 5.49. The second-order valence-corrected chi connectivity index (χ2v) is 4.22. The van der Waals surface area contributed by atoms with Crippen LogP contribution in [-0.2, 0) is 11.2 Å². The van der Waals surface area contributed by atoms with E-state index in [4.69, 9.17) is 0 Å². The third-order valence-corrected chi connectivity index (χ3v) is 2.91. The van der Waals surface area contributed by atoms with E-state index in [1.165, 1.54) is 6.39 Å². The molecule has 1 atom stereocenters. The van der Waals surface area contributed by atoms with E-state index in [1.807, 2.05) is 6.92 Å². The fourth-order valence-electron chi connectivity index (χ4n) is 1.87. The molecule has 1 unspecified atom stereocenters. The first-order chi connectivity index (χ1) is 7.71. The molecule has 0 radical (unpaired) electrons. The summed E-state index contributed by atoms with van der Waals surface area (Å²) >= 11 is 0. The van der Waals surface area contributed by atoms with E-state index >= 15 is 0 Å². The Kier molecular flexibility index (Phi) is 3.19. The normalized spacial score (nSPS) is 24.6. The van der Waals surface area contributed by atoms with Crippen LogP contribution in [-0.4, -0.2) is 34.7 Å². The van der Waals surface area contributed by atoms with E-state index in [1.54, 1.807) is 0 Å². The van der Waals surface area contributed by atoms with Gasteiger partial charge in [-0.1, -0.05) is 5.16 Å². The van der Waals surface area contributed by atoms with Crippen LogP contribution in [0.15, 0.2) is 10.9 Å². The van der Waals surface area contributed by atoms with Crippen LogP contribution >= 0.6 is 0 Å². The van der Waals surface area contributed by atoms with Gasteiger partial charge < -0.3 is 15.2 Å². The van der Waals surface area contributed by atoms with Crippen molar-refractivity contribution in [3.63, 3.8) is 0 Å². The maximum absolute atomic E-state index is 11.9. The van der Waals surface area contributed by atoms with Crippen molar-refractivity contribution >= 4 is 5.91 Å². The van der Waals surface area contributed by atoms with Gasteiger partial charge in [0.05, 0.1) is 5.54 Å². The van der Waals surface area contributed by atoms with E-state index in [2.05, 4.69) is 25.3 Å². The van der Waals surface area contributed by atoms with Crippen LogP contribution in [0.4, 0.5) is 0 Å². The monoisotopic (exact) mass is 224 g/mol. The highest BCUT2D eigenvalue weighted by molar-refractivity contribution is 5.86. The van der Waals surface area contributed by atoms with Crippen LogP contribution in [0.2, 0.25) is 0 Å². The summed E-state index contributed by atoms with van der Waals surface area (Å²) in [5, 5.41) is 9.77. The molecule has 0 aliphatic carbocycles. The minimum absolute atomic E-state index is 0.0495. The molecule has 1 aromatic heterocycles. The Hall–Kier alpha value is -1.43. The first kappa shape index (κ1) is 11.1. The van der Waals surface area contributed by atoms with Crippen LogP contribution < -0.4 is 10.6 Å². The van der Waals surface area contributed by atoms with Gasteiger partial charge in [-0.3, -0.25) is 4.79 Å². The molecule has 1 aliphatic heterocycles. The zero-order valence-electron chi connectivity index (χ0n) is 9.32. The van der Waals surface area contributed by atoms with Crippen molar-refractivity contribution in [3.8, 4) is 0 Å². The van der Waals surface area contributed by atoms with Gasteiger partial charge >= 0.3 is 0 Å². The van der Waals surface area contributed by atoms with Crippen molar-refractivity contribution in [2.45, 2.75) is 31.7 Å². The number of nitrogens with one attached hydrogen (secondary N) is 2. The van der Waals surface area contributed by atoms with Crippen molar-refractivity contribution in [2.24, 2.45) is 0 Å². The topological polar surface area (TPSA) is 80.1 Å². The minimum Gasteiger partial charge on any atom is -0.354 e. The van der Waals surface area contributed by atoms with Gasteiger partial charge in [-0.05, 0) is 26.3 Å². The summed E-state index contributed by atoms with van der Waals surface area (Å²) in [6, 6.07) is 0. The number of carbonyl (C=O) groups excluding carboxylic acids is 1. The number of aromatic nitrogens is 2. The smallest absolute Gasteiger partial charge is 0.240 e. The lowest BCUT2D eigenvalue weighted by Gasteiger charge is -2.22. The highest BCUT2D eigenvalue weighted by Crippen LogP contribution is 2.18. The van der Waals surface area contributed by atoms with Crippen LogP contribution in [0, 0.1) is 0 Å². The molecular weight excluding hydrogens is 208 g/mol. The molecule has 1 saturated heterocycles. The minimum atomic E-state index is -0.406. The number of nitrogens with zero attached hydrogens (tertiary/aromatic N) is 2. The Morgan fingerprint density at radius 1 is 1.75 bits per heavy atom. The number of hydrogen-bond acceptors (Lipinski definition) is 5. The molecule has 0 bridgehead atoms. The molecule has 2 heterocycles. The molecule has 1 aromatic rings. The Balaban J connectivity index is 1.75. The van der Waals surface area contributed by atoms with E-state index in [9.17, 15) is 4.79 Å². The number of carbonyl (C=O) groups is 1. The zero-order chi connectivity index (χ0) is 11.4. The molecule has 0 aromatic carbocycles. The lowest BCUT2D eigenvalue weighted by molar-refractivity contribution is -0.126. The maximum Gasteiger partial charge on any atom is 0.240 e. The summed E-state index contributed by atoms with van der Waals surface area (Å²) in [5.41, 5.74) is -0.406. The summed E-state index contributed by atoms with van der Waals surface area (Å²) in [4.78, 5) is 15.7. The molecule has 16 heavy (non-hydrogen) atoms. The fourth-order valence-corrected chi connectivity index (χ4v) is 1.87. The molecule has 6 heteroatoms. The standard InChI is InChI=1S/C10H16N4O2/c1-10(4-2-5-13-10)9(15)11-6-3-8-12-7-16-14-8/h7,13H,2-6H2,1H3,(H,11,15). The first-order valence-corrected chi connectivity index (χ1v) is 5.49. The van der Waals surface area contributed by atoms with Gasteiger partial charge in [-0.25, -0.2) is 0 Å². The van der Waals surface area contributed by atoms with Crippen LogP contribution in [0.1, 0.15) is 25.6 Å². The maximum atomic E-state index is 11.9. The molecule has 0 spiro atoms. The number of hydrogen-bond donors (Lipinski definition) is 2. The highest BCUT2D eigenvalue weighted by atomic mass is 16.5. The van der Waals surface area contributed by atoms with Crippen molar-refractivity contribution in [3.05, 3.63) is 12.2 Å². The average molecular weight is 224 g/mol. The lowest BCUT2D eigenvalue weighted by Crippen LogP contribution is -2.51. The Labute approximate surface area is 93.8 Å². The summed E-state index contributed by atoms with van der Waals surface area (Å²) in [6.07, 6.45) is 3.82. The molecular formula is C10H16N4O2. The molecule has 88 valence electrons. The third kappa shape index (κ3) is 2.38. The van der Waals surface area contributed by atoms with Gasteiger partial charge in [0, 0.05) is 13.0 Å². The Morgan fingerprint density at radius 3 is 3.25 bits per heavy atom. The number of rotatable bonds is 4. The SMILES string of the molecule is CC1(C(=O)NCCc2ncon2)CCCN1. The van der Waals surface area contributed by atoms with Crippen LogP contribution in [0.3, 0.4) is 0 Å².